The van der Waals surface area contributed by atoms with Crippen LogP contribution in [0.2, 0.25) is 0 Å². The Kier molecular flexibility index (Phi) is 4.48. The SMILES string of the molecule is Cc1ccc(NC2(CN)CCOC(C(C)C)C2)cc1. The fourth-order valence-electron chi connectivity index (χ4n) is 2.67. The number of hydrogen-bond acceptors (Lipinski definition) is 3. The molecule has 3 N–H and O–H groups in total. The fourth-order valence-corrected chi connectivity index (χ4v) is 2.67. The van der Waals surface area contributed by atoms with Gasteiger partial charge >= 0.3 is 0 Å². The fraction of sp³-hybridized carbons (Fsp3) is 0.625. The van der Waals surface area contributed by atoms with Crippen molar-refractivity contribution in [2.45, 2.75) is 45.3 Å². The van der Waals surface area contributed by atoms with Gasteiger partial charge in [-0.15, -0.1) is 0 Å². The maximum absolute atomic E-state index is 6.06. The molecule has 0 bridgehead atoms. The quantitative estimate of drug-likeness (QED) is 0.877. The number of aryl methyl sites for hydroxylation is 1. The van der Waals surface area contributed by atoms with Crippen molar-refractivity contribution in [3.63, 3.8) is 0 Å². The lowest BCUT2D eigenvalue weighted by Crippen LogP contribution is -2.53. The molecule has 1 heterocycles. The van der Waals surface area contributed by atoms with E-state index in [1.807, 2.05) is 0 Å². The van der Waals surface area contributed by atoms with E-state index in [1.54, 1.807) is 0 Å². The van der Waals surface area contributed by atoms with E-state index in [-0.39, 0.29) is 5.54 Å². The number of hydrogen-bond donors (Lipinski definition) is 2. The molecule has 106 valence electrons. The molecule has 0 amide bonds. The molecule has 1 aliphatic rings. The normalized spacial score (nSPS) is 27.5. The molecule has 0 spiro atoms. The minimum atomic E-state index is -0.0254. The summed E-state index contributed by atoms with van der Waals surface area (Å²) in [5.41, 5.74) is 8.47. The van der Waals surface area contributed by atoms with Gasteiger partial charge in [-0.05, 0) is 37.8 Å². The molecule has 0 aliphatic carbocycles. The Hall–Kier alpha value is -1.06. The minimum Gasteiger partial charge on any atom is -0.378 e. The van der Waals surface area contributed by atoms with E-state index in [0.717, 1.165) is 25.1 Å². The lowest BCUT2D eigenvalue weighted by Gasteiger charge is -2.42. The van der Waals surface area contributed by atoms with Gasteiger partial charge in [0.05, 0.1) is 11.6 Å². The summed E-state index contributed by atoms with van der Waals surface area (Å²) in [6.07, 6.45) is 2.26. The second kappa shape index (κ2) is 5.93. The zero-order chi connectivity index (χ0) is 13.9. The third kappa shape index (κ3) is 3.48. The molecule has 19 heavy (non-hydrogen) atoms. The van der Waals surface area contributed by atoms with Crippen molar-refractivity contribution < 1.29 is 4.74 Å². The smallest absolute Gasteiger partial charge is 0.0620 e. The van der Waals surface area contributed by atoms with Crippen LogP contribution >= 0.6 is 0 Å². The largest absolute Gasteiger partial charge is 0.378 e. The topological polar surface area (TPSA) is 47.3 Å². The number of anilines is 1. The van der Waals surface area contributed by atoms with Crippen LogP contribution in [-0.4, -0.2) is 24.8 Å². The molecule has 3 nitrogen and oxygen atoms in total. The summed E-state index contributed by atoms with van der Waals surface area (Å²) in [4.78, 5) is 0. The van der Waals surface area contributed by atoms with Gasteiger partial charge in [0.2, 0.25) is 0 Å². The van der Waals surface area contributed by atoms with Crippen LogP contribution in [0.4, 0.5) is 5.69 Å². The molecule has 0 aromatic heterocycles. The first-order valence-corrected chi connectivity index (χ1v) is 7.21. The van der Waals surface area contributed by atoms with Crippen molar-refractivity contribution >= 4 is 5.69 Å². The van der Waals surface area contributed by atoms with Gasteiger partial charge in [-0.2, -0.15) is 0 Å². The molecule has 1 aromatic carbocycles. The summed E-state index contributed by atoms with van der Waals surface area (Å²) in [6.45, 7) is 7.96. The highest BCUT2D eigenvalue weighted by Gasteiger charge is 2.36. The molecule has 1 aromatic rings. The van der Waals surface area contributed by atoms with Gasteiger partial charge in [0.1, 0.15) is 0 Å². The second-order valence-corrected chi connectivity index (χ2v) is 6.08. The molecule has 0 saturated carbocycles. The maximum atomic E-state index is 6.06. The molecule has 0 radical (unpaired) electrons. The lowest BCUT2D eigenvalue weighted by atomic mass is 9.83. The monoisotopic (exact) mass is 262 g/mol. The Morgan fingerprint density at radius 2 is 2.05 bits per heavy atom. The molecular formula is C16H26N2O. The zero-order valence-electron chi connectivity index (χ0n) is 12.3. The van der Waals surface area contributed by atoms with Gasteiger partial charge in [-0.1, -0.05) is 31.5 Å². The van der Waals surface area contributed by atoms with Gasteiger partial charge in [0.25, 0.3) is 0 Å². The molecule has 1 saturated heterocycles. The van der Waals surface area contributed by atoms with Gasteiger partial charge in [-0.25, -0.2) is 0 Å². The van der Waals surface area contributed by atoms with Crippen molar-refractivity contribution in [3.8, 4) is 0 Å². The highest BCUT2D eigenvalue weighted by molar-refractivity contribution is 5.47. The first kappa shape index (κ1) is 14.4. The van der Waals surface area contributed by atoms with E-state index in [1.165, 1.54) is 5.56 Å². The van der Waals surface area contributed by atoms with Gasteiger partial charge in [0.15, 0.2) is 0 Å². The van der Waals surface area contributed by atoms with Crippen LogP contribution in [0.5, 0.6) is 0 Å². The van der Waals surface area contributed by atoms with E-state index in [4.69, 9.17) is 10.5 Å². The van der Waals surface area contributed by atoms with E-state index >= 15 is 0 Å². The summed E-state index contributed by atoms with van der Waals surface area (Å²) in [5.74, 6) is 0.533. The first-order valence-electron chi connectivity index (χ1n) is 7.21. The molecule has 2 atom stereocenters. The Bertz CT molecular complexity index is 402. The van der Waals surface area contributed by atoms with Crippen molar-refractivity contribution in [2.24, 2.45) is 11.7 Å². The van der Waals surface area contributed by atoms with Crippen LogP contribution in [-0.2, 0) is 4.74 Å². The van der Waals surface area contributed by atoms with Gasteiger partial charge in [-0.3, -0.25) is 0 Å². The van der Waals surface area contributed by atoms with Crippen molar-refractivity contribution in [3.05, 3.63) is 29.8 Å². The second-order valence-electron chi connectivity index (χ2n) is 6.08. The third-order valence-corrected chi connectivity index (χ3v) is 4.10. The number of rotatable bonds is 4. The average molecular weight is 262 g/mol. The molecule has 2 rings (SSSR count). The van der Waals surface area contributed by atoms with Gasteiger partial charge < -0.3 is 15.8 Å². The summed E-state index contributed by atoms with van der Waals surface area (Å²) in [5, 5.41) is 3.65. The van der Waals surface area contributed by atoms with E-state index in [0.29, 0.717) is 18.6 Å². The van der Waals surface area contributed by atoms with Crippen LogP contribution in [0, 0.1) is 12.8 Å². The Balaban J connectivity index is 2.11. The number of nitrogens with two attached hydrogens (primary N) is 1. The van der Waals surface area contributed by atoms with E-state index in [9.17, 15) is 0 Å². The maximum Gasteiger partial charge on any atom is 0.0620 e. The standard InChI is InChI=1S/C16H26N2O/c1-12(2)15-10-16(11-17,8-9-19-15)18-14-6-4-13(3)5-7-14/h4-7,12,15,18H,8-11,17H2,1-3H3. The van der Waals surface area contributed by atoms with Crippen LogP contribution in [0.25, 0.3) is 0 Å². The lowest BCUT2D eigenvalue weighted by molar-refractivity contribution is -0.0357. The summed E-state index contributed by atoms with van der Waals surface area (Å²) in [7, 11) is 0. The average Bonchev–Trinajstić information content (AvgIpc) is 2.42. The number of ether oxygens (including phenoxy) is 1. The Morgan fingerprint density at radius 1 is 1.37 bits per heavy atom. The predicted molar refractivity (Wildman–Crippen MR) is 80.4 cm³/mol. The summed E-state index contributed by atoms with van der Waals surface area (Å²) >= 11 is 0. The molecule has 1 aliphatic heterocycles. The molecule has 2 unspecified atom stereocenters. The summed E-state index contributed by atoms with van der Waals surface area (Å²) in [6, 6.07) is 8.52. The highest BCUT2D eigenvalue weighted by Crippen LogP contribution is 2.31. The molecular weight excluding hydrogens is 236 g/mol. The zero-order valence-corrected chi connectivity index (χ0v) is 12.3. The van der Waals surface area contributed by atoms with Crippen LogP contribution in [0.3, 0.4) is 0 Å². The third-order valence-electron chi connectivity index (χ3n) is 4.10. The number of nitrogens with one attached hydrogen (secondary N) is 1. The van der Waals surface area contributed by atoms with Crippen molar-refractivity contribution in [1.29, 1.82) is 0 Å². The predicted octanol–water partition coefficient (Wildman–Crippen LogP) is 2.94. The molecule has 3 heteroatoms. The Morgan fingerprint density at radius 3 is 2.63 bits per heavy atom. The highest BCUT2D eigenvalue weighted by atomic mass is 16.5. The number of benzene rings is 1. The van der Waals surface area contributed by atoms with Crippen molar-refractivity contribution in [1.82, 2.24) is 0 Å². The van der Waals surface area contributed by atoms with Crippen molar-refractivity contribution in [2.75, 3.05) is 18.5 Å². The van der Waals surface area contributed by atoms with Crippen LogP contribution < -0.4 is 11.1 Å². The Labute approximate surface area is 116 Å². The molecule has 1 fully saturated rings. The summed E-state index contributed by atoms with van der Waals surface area (Å²) < 4.78 is 5.86. The first-order chi connectivity index (χ1) is 9.04. The van der Waals surface area contributed by atoms with E-state index < -0.39 is 0 Å². The van der Waals surface area contributed by atoms with Crippen LogP contribution in [0.1, 0.15) is 32.3 Å². The van der Waals surface area contributed by atoms with Gasteiger partial charge in [0, 0.05) is 18.8 Å². The van der Waals surface area contributed by atoms with Crippen LogP contribution in [0.15, 0.2) is 24.3 Å². The van der Waals surface area contributed by atoms with E-state index in [2.05, 4.69) is 50.4 Å². The minimum absolute atomic E-state index is 0.0254.